The van der Waals surface area contributed by atoms with E-state index in [2.05, 4.69) is 20.9 Å². The number of aromatic nitrogens is 1. The standard InChI is InChI=1S/C27H27BrN2O6S/c1-6-35-17-10-8-9-16(11-17)12-22-25(31)30-24(18-13-20(33-4)21(34-5)14-19(18)28)23(26(32)36-7-2)15(3)29-27(30)37-22/h8-14,24H,6-7H2,1-5H3/b22-12-/t24-/m0/s1. The lowest BCUT2D eigenvalue weighted by Gasteiger charge is -2.26. The van der Waals surface area contributed by atoms with Crippen molar-refractivity contribution in [3.8, 4) is 17.2 Å². The minimum Gasteiger partial charge on any atom is -0.494 e. The van der Waals surface area contributed by atoms with Gasteiger partial charge < -0.3 is 18.9 Å². The Bertz CT molecular complexity index is 1560. The van der Waals surface area contributed by atoms with Gasteiger partial charge in [-0.3, -0.25) is 9.36 Å². The molecular formula is C27H27BrN2O6S. The maximum Gasteiger partial charge on any atom is 0.338 e. The number of rotatable bonds is 8. The number of thiazole rings is 1. The number of halogens is 1. The zero-order valence-electron chi connectivity index (χ0n) is 21.2. The molecule has 0 fully saturated rings. The van der Waals surface area contributed by atoms with Crippen LogP contribution < -0.4 is 29.1 Å². The van der Waals surface area contributed by atoms with Crippen molar-refractivity contribution in [3.63, 3.8) is 0 Å². The molecule has 1 aromatic heterocycles. The van der Waals surface area contributed by atoms with Gasteiger partial charge in [-0.1, -0.05) is 39.4 Å². The van der Waals surface area contributed by atoms with E-state index in [0.29, 0.717) is 43.2 Å². The van der Waals surface area contributed by atoms with Crippen LogP contribution in [0.2, 0.25) is 0 Å². The van der Waals surface area contributed by atoms with Crippen molar-refractivity contribution in [2.45, 2.75) is 26.8 Å². The summed E-state index contributed by atoms with van der Waals surface area (Å²) in [4.78, 5) is 32.1. The van der Waals surface area contributed by atoms with E-state index in [-0.39, 0.29) is 17.7 Å². The van der Waals surface area contributed by atoms with Crippen LogP contribution in [0, 0.1) is 0 Å². The molecule has 0 saturated carbocycles. The molecule has 0 amide bonds. The van der Waals surface area contributed by atoms with E-state index in [4.69, 9.17) is 18.9 Å². The van der Waals surface area contributed by atoms with Gasteiger partial charge in [-0.15, -0.1) is 0 Å². The number of methoxy groups -OCH3 is 2. The maximum absolute atomic E-state index is 13.8. The fourth-order valence-corrected chi connectivity index (χ4v) is 5.76. The molecule has 8 nitrogen and oxygen atoms in total. The Kier molecular flexibility index (Phi) is 8.19. The van der Waals surface area contributed by atoms with Crippen LogP contribution in [0.5, 0.6) is 17.2 Å². The third-order valence-electron chi connectivity index (χ3n) is 5.78. The number of esters is 1. The monoisotopic (exact) mass is 586 g/mol. The molecule has 0 aliphatic carbocycles. The molecule has 194 valence electrons. The molecular weight excluding hydrogens is 560 g/mol. The Morgan fingerprint density at radius 2 is 1.86 bits per heavy atom. The van der Waals surface area contributed by atoms with Crippen LogP contribution >= 0.6 is 27.3 Å². The highest BCUT2D eigenvalue weighted by molar-refractivity contribution is 9.10. The van der Waals surface area contributed by atoms with Gasteiger partial charge in [-0.25, -0.2) is 9.79 Å². The molecule has 1 atom stereocenters. The van der Waals surface area contributed by atoms with Crippen LogP contribution in [0.4, 0.5) is 0 Å². The van der Waals surface area contributed by atoms with Gasteiger partial charge in [0.15, 0.2) is 16.3 Å². The first kappa shape index (κ1) is 26.7. The summed E-state index contributed by atoms with van der Waals surface area (Å²) in [6.07, 6.45) is 1.80. The van der Waals surface area contributed by atoms with Gasteiger partial charge in [0.1, 0.15) is 5.75 Å². The normalized spacial score (nSPS) is 15.2. The average Bonchev–Trinajstić information content (AvgIpc) is 3.17. The predicted octanol–water partition coefficient (Wildman–Crippen LogP) is 3.98. The molecule has 1 aliphatic rings. The number of ether oxygens (including phenoxy) is 4. The Morgan fingerprint density at radius 3 is 2.54 bits per heavy atom. The topological polar surface area (TPSA) is 88.4 Å². The largest absolute Gasteiger partial charge is 0.494 e. The third kappa shape index (κ3) is 5.21. The minimum atomic E-state index is -0.790. The van der Waals surface area contributed by atoms with E-state index in [0.717, 1.165) is 11.3 Å². The number of benzene rings is 2. The quantitative estimate of drug-likeness (QED) is 0.371. The smallest absolute Gasteiger partial charge is 0.338 e. The van der Waals surface area contributed by atoms with Crippen molar-refractivity contribution in [2.75, 3.05) is 27.4 Å². The highest BCUT2D eigenvalue weighted by Crippen LogP contribution is 2.40. The lowest BCUT2D eigenvalue weighted by atomic mass is 9.95. The molecule has 3 aromatic rings. The summed E-state index contributed by atoms with van der Waals surface area (Å²) < 4.78 is 24.6. The van der Waals surface area contributed by atoms with E-state index in [1.165, 1.54) is 23.0 Å². The van der Waals surface area contributed by atoms with Crippen molar-refractivity contribution in [2.24, 2.45) is 4.99 Å². The molecule has 1 aliphatic heterocycles. The molecule has 4 rings (SSSR count). The third-order valence-corrected chi connectivity index (χ3v) is 7.45. The fourth-order valence-electron chi connectivity index (χ4n) is 4.18. The van der Waals surface area contributed by atoms with Crippen LogP contribution in [0.3, 0.4) is 0 Å². The van der Waals surface area contributed by atoms with E-state index < -0.39 is 12.0 Å². The number of hydrogen-bond acceptors (Lipinski definition) is 8. The van der Waals surface area contributed by atoms with Crippen molar-refractivity contribution in [1.29, 1.82) is 0 Å². The summed E-state index contributed by atoms with van der Waals surface area (Å²) in [5, 5.41) is 0. The van der Waals surface area contributed by atoms with Gasteiger partial charge in [0.25, 0.3) is 5.56 Å². The molecule has 37 heavy (non-hydrogen) atoms. The molecule has 0 saturated heterocycles. The highest BCUT2D eigenvalue weighted by atomic mass is 79.9. The van der Waals surface area contributed by atoms with Gasteiger partial charge in [-0.2, -0.15) is 0 Å². The maximum atomic E-state index is 13.8. The number of fused-ring (bicyclic) bond motifs is 1. The summed E-state index contributed by atoms with van der Waals surface area (Å²) in [7, 11) is 3.08. The number of hydrogen-bond donors (Lipinski definition) is 0. The van der Waals surface area contributed by atoms with Gasteiger partial charge in [0, 0.05) is 4.47 Å². The van der Waals surface area contributed by atoms with Gasteiger partial charge in [0.05, 0.1) is 49.3 Å². The number of carbonyl (C=O) groups is 1. The highest BCUT2D eigenvalue weighted by Gasteiger charge is 2.35. The molecule has 10 heteroatoms. The van der Waals surface area contributed by atoms with Crippen molar-refractivity contribution >= 4 is 39.3 Å². The Hall–Kier alpha value is -3.37. The number of carbonyl (C=O) groups excluding carboxylic acids is 1. The van der Waals surface area contributed by atoms with Gasteiger partial charge >= 0.3 is 5.97 Å². The Balaban J connectivity index is 1.98. The summed E-state index contributed by atoms with van der Waals surface area (Å²) in [5.41, 5.74) is 1.96. The van der Waals surface area contributed by atoms with Gasteiger partial charge in [-0.05, 0) is 62.2 Å². The van der Waals surface area contributed by atoms with Gasteiger partial charge in [0.2, 0.25) is 0 Å². The first-order valence-corrected chi connectivity index (χ1v) is 13.3. The zero-order valence-corrected chi connectivity index (χ0v) is 23.6. The molecule has 0 bridgehead atoms. The SMILES string of the molecule is CCOC(=O)C1=C(C)N=c2s/c(=C\c3cccc(OCC)c3)c(=O)n2[C@H]1c1cc(OC)c(OC)cc1Br. The molecule has 0 radical (unpaired) electrons. The summed E-state index contributed by atoms with van der Waals surface area (Å²) in [6, 6.07) is 10.2. The van der Waals surface area contributed by atoms with E-state index >= 15 is 0 Å². The first-order valence-electron chi connectivity index (χ1n) is 11.7. The van der Waals surface area contributed by atoms with Crippen molar-refractivity contribution in [3.05, 3.63) is 83.0 Å². The first-order chi connectivity index (χ1) is 17.8. The molecule has 2 heterocycles. The minimum absolute atomic E-state index is 0.191. The summed E-state index contributed by atoms with van der Waals surface area (Å²) in [5.74, 6) is 1.16. The van der Waals surface area contributed by atoms with E-state index in [1.54, 1.807) is 39.2 Å². The lowest BCUT2D eigenvalue weighted by Crippen LogP contribution is -2.40. The van der Waals surface area contributed by atoms with Crippen LogP contribution in [-0.4, -0.2) is 38.0 Å². The van der Waals surface area contributed by atoms with E-state index in [9.17, 15) is 9.59 Å². The number of allylic oxidation sites excluding steroid dienone is 1. The van der Waals surface area contributed by atoms with Crippen LogP contribution in [-0.2, 0) is 9.53 Å². The molecule has 0 unspecified atom stereocenters. The van der Waals surface area contributed by atoms with Crippen LogP contribution in [0.15, 0.2) is 61.9 Å². The second kappa shape index (κ2) is 11.4. The summed E-state index contributed by atoms with van der Waals surface area (Å²) in [6.45, 7) is 6.13. The lowest BCUT2D eigenvalue weighted by molar-refractivity contribution is -0.139. The van der Waals surface area contributed by atoms with Crippen LogP contribution in [0.1, 0.15) is 37.9 Å². The predicted molar refractivity (Wildman–Crippen MR) is 145 cm³/mol. The second-order valence-electron chi connectivity index (χ2n) is 8.04. The van der Waals surface area contributed by atoms with Crippen molar-refractivity contribution in [1.82, 2.24) is 4.57 Å². The second-order valence-corrected chi connectivity index (χ2v) is 9.90. The Labute approximate surface area is 226 Å². The summed E-state index contributed by atoms with van der Waals surface area (Å²) >= 11 is 4.87. The van der Waals surface area contributed by atoms with Crippen molar-refractivity contribution < 1.29 is 23.7 Å². The molecule has 0 N–H and O–H groups in total. The van der Waals surface area contributed by atoms with Crippen LogP contribution in [0.25, 0.3) is 6.08 Å². The van der Waals surface area contributed by atoms with E-state index in [1.807, 2.05) is 31.2 Å². The fraction of sp³-hybridized carbons (Fsp3) is 0.296. The number of nitrogens with zero attached hydrogens (tertiary/aromatic N) is 2. The molecule has 2 aromatic carbocycles. The zero-order chi connectivity index (χ0) is 26.7. The average molecular weight is 587 g/mol. The Morgan fingerprint density at radius 1 is 1.14 bits per heavy atom. The molecule has 0 spiro atoms.